The molecule has 0 radical (unpaired) electrons. The summed E-state index contributed by atoms with van der Waals surface area (Å²) in [5.41, 5.74) is 0. The zero-order chi connectivity index (χ0) is 9.97. The van der Waals surface area contributed by atoms with Gasteiger partial charge in [-0.1, -0.05) is 15.9 Å². The van der Waals surface area contributed by atoms with Crippen LogP contribution in [0.4, 0.5) is 0 Å². The smallest absolute Gasteiger partial charge is 0.223 e. The minimum absolute atomic E-state index is 0.187. The molecule has 2 fully saturated rings. The molecule has 0 N–H and O–H groups in total. The third kappa shape index (κ3) is 2.70. The van der Waals surface area contributed by atoms with Gasteiger partial charge in [-0.2, -0.15) is 0 Å². The van der Waals surface area contributed by atoms with Crippen LogP contribution < -0.4 is 0 Å². The van der Waals surface area contributed by atoms with Crippen LogP contribution in [0.3, 0.4) is 0 Å². The Morgan fingerprint density at radius 1 is 1.50 bits per heavy atom. The molecule has 80 valence electrons. The molecule has 1 aliphatic carbocycles. The van der Waals surface area contributed by atoms with Crippen LogP contribution >= 0.6 is 15.9 Å². The average molecular weight is 262 g/mol. The van der Waals surface area contributed by atoms with Crippen LogP contribution in [0.1, 0.15) is 19.3 Å². The Labute approximate surface area is 92.9 Å². The average Bonchev–Trinajstić information content (AvgIpc) is 3.02. The largest absolute Gasteiger partial charge is 0.374 e. The first kappa shape index (κ1) is 10.4. The van der Waals surface area contributed by atoms with Gasteiger partial charge in [0.2, 0.25) is 5.91 Å². The molecular formula is C10H16BrNO2. The second-order valence-corrected chi connectivity index (χ2v) is 4.78. The molecule has 0 aromatic heterocycles. The van der Waals surface area contributed by atoms with E-state index in [1.807, 2.05) is 4.90 Å². The zero-order valence-corrected chi connectivity index (χ0v) is 9.83. The highest BCUT2D eigenvalue weighted by Gasteiger charge is 2.29. The standard InChI is InChI=1S/C10H16BrNO2/c11-6-9-7-12(3-4-14-9)10(13)5-8-1-2-8/h8-9H,1-7H2. The van der Waals surface area contributed by atoms with Gasteiger partial charge in [-0.25, -0.2) is 0 Å². The lowest BCUT2D eigenvalue weighted by Crippen LogP contribution is -2.46. The second kappa shape index (κ2) is 4.62. The van der Waals surface area contributed by atoms with Crippen LogP contribution in [0.25, 0.3) is 0 Å². The van der Waals surface area contributed by atoms with Crippen molar-refractivity contribution in [3.63, 3.8) is 0 Å². The van der Waals surface area contributed by atoms with E-state index < -0.39 is 0 Å². The predicted molar refractivity (Wildman–Crippen MR) is 57.5 cm³/mol. The Kier molecular flexibility index (Phi) is 3.44. The molecule has 1 saturated heterocycles. The summed E-state index contributed by atoms with van der Waals surface area (Å²) in [6, 6.07) is 0. The quantitative estimate of drug-likeness (QED) is 0.720. The molecule has 1 heterocycles. The number of amides is 1. The molecule has 1 amide bonds. The van der Waals surface area contributed by atoms with Crippen molar-refractivity contribution in [2.24, 2.45) is 5.92 Å². The van der Waals surface area contributed by atoms with Gasteiger partial charge < -0.3 is 9.64 Å². The first-order chi connectivity index (χ1) is 6.79. The maximum Gasteiger partial charge on any atom is 0.223 e. The van der Waals surface area contributed by atoms with E-state index in [9.17, 15) is 4.79 Å². The summed E-state index contributed by atoms with van der Waals surface area (Å²) in [4.78, 5) is 13.7. The van der Waals surface area contributed by atoms with E-state index in [-0.39, 0.29) is 6.10 Å². The molecule has 0 spiro atoms. The number of rotatable bonds is 3. The highest BCUT2D eigenvalue weighted by molar-refractivity contribution is 9.09. The number of morpholine rings is 1. The molecule has 2 aliphatic rings. The second-order valence-electron chi connectivity index (χ2n) is 4.13. The summed E-state index contributed by atoms with van der Waals surface area (Å²) in [6.45, 7) is 2.22. The van der Waals surface area contributed by atoms with Crippen molar-refractivity contribution >= 4 is 21.8 Å². The van der Waals surface area contributed by atoms with Crippen molar-refractivity contribution in [3.8, 4) is 0 Å². The van der Waals surface area contributed by atoms with Gasteiger partial charge in [-0.3, -0.25) is 4.79 Å². The van der Waals surface area contributed by atoms with E-state index in [2.05, 4.69) is 15.9 Å². The van der Waals surface area contributed by atoms with Gasteiger partial charge in [-0.05, 0) is 18.8 Å². The Hall–Kier alpha value is -0.0900. The molecule has 1 aliphatic heterocycles. The molecule has 14 heavy (non-hydrogen) atoms. The fourth-order valence-electron chi connectivity index (χ4n) is 1.74. The maximum absolute atomic E-state index is 11.8. The van der Waals surface area contributed by atoms with Gasteiger partial charge in [0.05, 0.1) is 12.7 Å². The Bertz CT molecular complexity index is 218. The molecule has 4 heteroatoms. The van der Waals surface area contributed by atoms with Crippen molar-refractivity contribution in [1.29, 1.82) is 0 Å². The summed E-state index contributed by atoms with van der Waals surface area (Å²) >= 11 is 3.39. The third-order valence-corrected chi connectivity index (χ3v) is 3.55. The number of nitrogens with zero attached hydrogens (tertiary/aromatic N) is 1. The molecule has 2 rings (SSSR count). The fraction of sp³-hybridized carbons (Fsp3) is 0.900. The van der Waals surface area contributed by atoms with Crippen molar-refractivity contribution < 1.29 is 9.53 Å². The van der Waals surface area contributed by atoms with E-state index in [0.29, 0.717) is 18.4 Å². The Morgan fingerprint density at radius 2 is 2.29 bits per heavy atom. The van der Waals surface area contributed by atoms with Crippen LogP contribution in [-0.4, -0.2) is 41.9 Å². The lowest BCUT2D eigenvalue weighted by Gasteiger charge is -2.32. The summed E-state index contributed by atoms with van der Waals surface area (Å²) in [6.07, 6.45) is 3.44. The van der Waals surface area contributed by atoms with Crippen LogP contribution in [0.5, 0.6) is 0 Å². The minimum atomic E-state index is 0.187. The molecule has 1 atom stereocenters. The fourth-order valence-corrected chi connectivity index (χ4v) is 2.13. The molecule has 1 unspecified atom stereocenters. The highest BCUT2D eigenvalue weighted by atomic mass is 79.9. The number of hydrogen-bond acceptors (Lipinski definition) is 2. The summed E-state index contributed by atoms with van der Waals surface area (Å²) in [5, 5.41) is 0.820. The zero-order valence-electron chi connectivity index (χ0n) is 8.25. The minimum Gasteiger partial charge on any atom is -0.374 e. The highest BCUT2D eigenvalue weighted by Crippen LogP contribution is 2.33. The molecule has 0 aromatic carbocycles. The van der Waals surface area contributed by atoms with Gasteiger partial charge in [0.15, 0.2) is 0 Å². The summed E-state index contributed by atoms with van der Waals surface area (Å²) in [5.74, 6) is 1.01. The third-order valence-electron chi connectivity index (χ3n) is 2.82. The van der Waals surface area contributed by atoms with Crippen molar-refractivity contribution in [2.45, 2.75) is 25.4 Å². The Balaban J connectivity index is 1.79. The number of halogens is 1. The van der Waals surface area contributed by atoms with E-state index in [1.54, 1.807) is 0 Å². The number of alkyl halides is 1. The molecule has 1 saturated carbocycles. The van der Waals surface area contributed by atoms with Crippen molar-refractivity contribution in [3.05, 3.63) is 0 Å². The van der Waals surface area contributed by atoms with Crippen LogP contribution in [0.15, 0.2) is 0 Å². The molecular weight excluding hydrogens is 246 g/mol. The normalized spacial score (nSPS) is 27.8. The summed E-state index contributed by atoms with van der Waals surface area (Å²) in [7, 11) is 0. The maximum atomic E-state index is 11.8. The van der Waals surface area contributed by atoms with Gasteiger partial charge in [0, 0.05) is 24.8 Å². The van der Waals surface area contributed by atoms with Gasteiger partial charge in [-0.15, -0.1) is 0 Å². The monoisotopic (exact) mass is 261 g/mol. The number of carbonyl (C=O) groups excluding carboxylic acids is 1. The van der Waals surface area contributed by atoms with E-state index in [4.69, 9.17) is 4.74 Å². The van der Waals surface area contributed by atoms with E-state index >= 15 is 0 Å². The van der Waals surface area contributed by atoms with E-state index in [0.717, 1.165) is 24.8 Å². The predicted octanol–water partition coefficient (Wildman–Crippen LogP) is 1.41. The molecule has 3 nitrogen and oxygen atoms in total. The lowest BCUT2D eigenvalue weighted by atomic mass is 10.2. The lowest BCUT2D eigenvalue weighted by molar-refractivity contribution is -0.138. The van der Waals surface area contributed by atoms with Crippen molar-refractivity contribution in [2.75, 3.05) is 25.0 Å². The Morgan fingerprint density at radius 3 is 2.93 bits per heavy atom. The van der Waals surface area contributed by atoms with Crippen LogP contribution in [0.2, 0.25) is 0 Å². The van der Waals surface area contributed by atoms with E-state index in [1.165, 1.54) is 12.8 Å². The molecule has 0 bridgehead atoms. The number of carbonyl (C=O) groups is 1. The topological polar surface area (TPSA) is 29.5 Å². The number of hydrogen-bond donors (Lipinski definition) is 0. The SMILES string of the molecule is O=C(CC1CC1)N1CCOC(CBr)C1. The first-order valence-electron chi connectivity index (χ1n) is 5.25. The van der Waals surface area contributed by atoms with Gasteiger partial charge in [0.1, 0.15) is 0 Å². The molecule has 0 aromatic rings. The van der Waals surface area contributed by atoms with Crippen LogP contribution in [0, 0.1) is 5.92 Å². The summed E-state index contributed by atoms with van der Waals surface area (Å²) < 4.78 is 5.49. The van der Waals surface area contributed by atoms with Crippen LogP contribution in [-0.2, 0) is 9.53 Å². The first-order valence-corrected chi connectivity index (χ1v) is 6.37. The van der Waals surface area contributed by atoms with Gasteiger partial charge >= 0.3 is 0 Å². The van der Waals surface area contributed by atoms with Gasteiger partial charge in [0.25, 0.3) is 0 Å². The number of ether oxygens (including phenoxy) is 1. The van der Waals surface area contributed by atoms with Crippen molar-refractivity contribution in [1.82, 2.24) is 4.90 Å².